The quantitative estimate of drug-likeness (QED) is 0.709. The van der Waals surface area contributed by atoms with Gasteiger partial charge in [-0.3, -0.25) is 4.79 Å². The van der Waals surface area contributed by atoms with Gasteiger partial charge in [-0.15, -0.1) is 0 Å². The van der Waals surface area contributed by atoms with Crippen LogP contribution >= 0.6 is 0 Å². The van der Waals surface area contributed by atoms with Gasteiger partial charge >= 0.3 is 5.97 Å². The molecule has 0 atom stereocenters. The summed E-state index contributed by atoms with van der Waals surface area (Å²) in [6.07, 6.45) is 0.294. The van der Waals surface area contributed by atoms with E-state index in [1.807, 2.05) is 0 Å². The Morgan fingerprint density at radius 3 is 2.85 bits per heavy atom. The lowest BCUT2D eigenvalue weighted by atomic mass is 10.2. The smallest absolute Gasteiger partial charge is 0.307 e. The molecule has 0 aliphatic rings. The SMILES string of the molecule is CCOC(=O)CCNc1ccc(N)c(OCC(C)C)n1. The molecule has 1 aromatic heterocycles. The van der Waals surface area contributed by atoms with Crippen molar-refractivity contribution < 1.29 is 14.3 Å². The highest BCUT2D eigenvalue weighted by Gasteiger charge is 2.06. The lowest BCUT2D eigenvalue weighted by Crippen LogP contribution is -2.13. The Bertz CT molecular complexity index is 436. The summed E-state index contributed by atoms with van der Waals surface area (Å²) in [5.74, 6) is 1.21. The number of nitrogens with two attached hydrogens (primary N) is 1. The van der Waals surface area contributed by atoms with Gasteiger partial charge in [-0.05, 0) is 25.0 Å². The van der Waals surface area contributed by atoms with E-state index in [4.69, 9.17) is 15.2 Å². The fraction of sp³-hybridized carbons (Fsp3) is 0.571. The molecule has 112 valence electrons. The number of nitrogens with zero attached hydrogens (tertiary/aromatic N) is 1. The minimum absolute atomic E-state index is 0.230. The minimum atomic E-state index is -0.230. The molecule has 0 bridgehead atoms. The van der Waals surface area contributed by atoms with Crippen LogP contribution in [0.2, 0.25) is 0 Å². The van der Waals surface area contributed by atoms with Crippen molar-refractivity contribution in [3.8, 4) is 5.88 Å². The zero-order valence-corrected chi connectivity index (χ0v) is 12.3. The van der Waals surface area contributed by atoms with Crippen molar-refractivity contribution in [1.29, 1.82) is 0 Å². The van der Waals surface area contributed by atoms with Crippen LogP contribution < -0.4 is 15.8 Å². The summed E-state index contributed by atoms with van der Waals surface area (Å²) in [6, 6.07) is 3.48. The van der Waals surface area contributed by atoms with Crippen molar-refractivity contribution in [3.05, 3.63) is 12.1 Å². The van der Waals surface area contributed by atoms with E-state index < -0.39 is 0 Å². The number of aromatic nitrogens is 1. The number of rotatable bonds is 8. The van der Waals surface area contributed by atoms with Crippen LogP contribution in [0.1, 0.15) is 27.2 Å². The average Bonchev–Trinajstić information content (AvgIpc) is 2.39. The first kappa shape index (κ1) is 16.1. The van der Waals surface area contributed by atoms with Crippen molar-refractivity contribution >= 4 is 17.5 Å². The highest BCUT2D eigenvalue weighted by atomic mass is 16.5. The summed E-state index contributed by atoms with van der Waals surface area (Å²) in [6.45, 7) is 7.30. The van der Waals surface area contributed by atoms with Crippen LogP contribution in [-0.2, 0) is 9.53 Å². The third-order valence-electron chi connectivity index (χ3n) is 2.38. The maximum atomic E-state index is 11.2. The number of hydrogen-bond donors (Lipinski definition) is 2. The van der Waals surface area contributed by atoms with Gasteiger partial charge < -0.3 is 20.5 Å². The lowest BCUT2D eigenvalue weighted by Gasteiger charge is -2.12. The van der Waals surface area contributed by atoms with E-state index in [0.717, 1.165) is 0 Å². The third kappa shape index (κ3) is 5.77. The molecule has 0 saturated heterocycles. The molecule has 1 heterocycles. The standard InChI is InChI=1S/C14H23N3O3/c1-4-19-13(18)7-8-16-12-6-5-11(15)14(17-12)20-9-10(2)3/h5-6,10H,4,7-9,15H2,1-3H3,(H,16,17). The van der Waals surface area contributed by atoms with Crippen LogP contribution in [-0.4, -0.2) is 30.7 Å². The molecule has 0 aliphatic heterocycles. The molecule has 1 aromatic rings. The topological polar surface area (TPSA) is 86.5 Å². The zero-order valence-electron chi connectivity index (χ0n) is 12.3. The first-order chi connectivity index (χ1) is 9.52. The number of esters is 1. The highest BCUT2D eigenvalue weighted by molar-refractivity contribution is 5.70. The predicted molar refractivity (Wildman–Crippen MR) is 78.7 cm³/mol. The number of pyridine rings is 1. The molecule has 1 rings (SSSR count). The second kappa shape index (κ2) is 8.24. The molecule has 0 unspecified atom stereocenters. The molecule has 0 aromatic carbocycles. The van der Waals surface area contributed by atoms with E-state index in [-0.39, 0.29) is 5.97 Å². The number of hydrogen-bond acceptors (Lipinski definition) is 6. The second-order valence-corrected chi connectivity index (χ2v) is 4.78. The first-order valence-electron chi connectivity index (χ1n) is 6.81. The Balaban J connectivity index is 2.50. The largest absolute Gasteiger partial charge is 0.476 e. The lowest BCUT2D eigenvalue weighted by molar-refractivity contribution is -0.142. The van der Waals surface area contributed by atoms with Gasteiger partial charge in [0.05, 0.1) is 25.3 Å². The molecule has 0 spiro atoms. The number of nitrogens with one attached hydrogen (secondary N) is 1. The van der Waals surface area contributed by atoms with E-state index in [1.165, 1.54) is 0 Å². The third-order valence-corrected chi connectivity index (χ3v) is 2.38. The normalized spacial score (nSPS) is 10.4. The fourth-order valence-electron chi connectivity index (χ4n) is 1.44. The van der Waals surface area contributed by atoms with Gasteiger partial charge in [0, 0.05) is 6.54 Å². The Morgan fingerprint density at radius 1 is 1.45 bits per heavy atom. The van der Waals surface area contributed by atoms with Crippen molar-refractivity contribution in [2.24, 2.45) is 5.92 Å². The second-order valence-electron chi connectivity index (χ2n) is 4.78. The number of carbonyl (C=O) groups is 1. The number of nitrogen functional groups attached to an aromatic ring is 1. The molecule has 3 N–H and O–H groups in total. The monoisotopic (exact) mass is 281 g/mol. The van der Waals surface area contributed by atoms with Gasteiger partial charge in [0.15, 0.2) is 0 Å². The van der Waals surface area contributed by atoms with Crippen molar-refractivity contribution in [2.75, 3.05) is 30.8 Å². The number of ether oxygens (including phenoxy) is 2. The van der Waals surface area contributed by atoms with Gasteiger partial charge in [0.1, 0.15) is 5.82 Å². The van der Waals surface area contributed by atoms with Crippen molar-refractivity contribution in [2.45, 2.75) is 27.2 Å². The summed E-state index contributed by atoms with van der Waals surface area (Å²) in [7, 11) is 0. The Kier molecular flexibility index (Phi) is 6.63. The fourth-order valence-corrected chi connectivity index (χ4v) is 1.44. The zero-order chi connectivity index (χ0) is 15.0. The molecule has 0 saturated carbocycles. The molecule has 0 radical (unpaired) electrons. The maximum absolute atomic E-state index is 11.2. The van der Waals surface area contributed by atoms with Crippen molar-refractivity contribution in [1.82, 2.24) is 4.98 Å². The Hall–Kier alpha value is -1.98. The summed E-state index contributed by atoms with van der Waals surface area (Å²) < 4.78 is 10.4. The van der Waals surface area contributed by atoms with Crippen LogP contribution in [0.5, 0.6) is 5.88 Å². The number of anilines is 2. The van der Waals surface area contributed by atoms with Crippen LogP contribution in [0.4, 0.5) is 11.5 Å². The molecular weight excluding hydrogens is 258 g/mol. The van der Waals surface area contributed by atoms with E-state index in [1.54, 1.807) is 19.1 Å². The molecule has 0 amide bonds. The van der Waals surface area contributed by atoms with E-state index in [9.17, 15) is 4.79 Å². The van der Waals surface area contributed by atoms with Crippen molar-refractivity contribution in [3.63, 3.8) is 0 Å². The van der Waals surface area contributed by atoms with E-state index in [0.29, 0.717) is 49.5 Å². The molecule has 6 nitrogen and oxygen atoms in total. The summed E-state index contributed by atoms with van der Waals surface area (Å²) >= 11 is 0. The van der Waals surface area contributed by atoms with Gasteiger partial charge in [0.2, 0.25) is 5.88 Å². The van der Waals surface area contributed by atoms with Gasteiger partial charge in [0.25, 0.3) is 0 Å². The molecular formula is C14H23N3O3. The first-order valence-corrected chi connectivity index (χ1v) is 6.81. The summed E-state index contributed by atoms with van der Waals surface area (Å²) in [5, 5.41) is 3.04. The summed E-state index contributed by atoms with van der Waals surface area (Å²) in [4.78, 5) is 15.5. The van der Waals surface area contributed by atoms with Crippen LogP contribution in [0.3, 0.4) is 0 Å². The Labute approximate surface area is 119 Å². The van der Waals surface area contributed by atoms with Crippen LogP contribution in [0.25, 0.3) is 0 Å². The molecule has 0 aliphatic carbocycles. The van der Waals surface area contributed by atoms with Gasteiger partial charge in [-0.2, -0.15) is 4.98 Å². The predicted octanol–water partition coefficient (Wildman–Crippen LogP) is 2.06. The summed E-state index contributed by atoms with van der Waals surface area (Å²) in [5.41, 5.74) is 6.30. The maximum Gasteiger partial charge on any atom is 0.307 e. The van der Waals surface area contributed by atoms with E-state index in [2.05, 4.69) is 24.1 Å². The molecule has 6 heteroatoms. The van der Waals surface area contributed by atoms with E-state index >= 15 is 0 Å². The Morgan fingerprint density at radius 2 is 2.20 bits per heavy atom. The number of carbonyl (C=O) groups excluding carboxylic acids is 1. The van der Waals surface area contributed by atoms with Crippen LogP contribution in [0.15, 0.2) is 12.1 Å². The average molecular weight is 281 g/mol. The highest BCUT2D eigenvalue weighted by Crippen LogP contribution is 2.21. The van der Waals surface area contributed by atoms with Gasteiger partial charge in [-0.25, -0.2) is 0 Å². The van der Waals surface area contributed by atoms with Crippen LogP contribution in [0, 0.1) is 5.92 Å². The van der Waals surface area contributed by atoms with Gasteiger partial charge in [-0.1, -0.05) is 13.8 Å². The molecule has 0 fully saturated rings. The molecule has 20 heavy (non-hydrogen) atoms. The minimum Gasteiger partial charge on any atom is -0.476 e.